The molecule has 6 heteroatoms. The van der Waals surface area contributed by atoms with Gasteiger partial charge in [-0.3, -0.25) is 4.79 Å². The van der Waals surface area contributed by atoms with Crippen molar-refractivity contribution in [1.29, 1.82) is 0 Å². The largest absolute Gasteiger partial charge is 0.309 e. The minimum atomic E-state index is -3.14. The van der Waals surface area contributed by atoms with Crippen LogP contribution in [0.3, 0.4) is 0 Å². The van der Waals surface area contributed by atoms with Crippen molar-refractivity contribution in [3.05, 3.63) is 29.8 Å². The predicted octanol–water partition coefficient (Wildman–Crippen LogP) is 2.03. The van der Waals surface area contributed by atoms with Gasteiger partial charge < -0.3 is 4.90 Å². The summed E-state index contributed by atoms with van der Waals surface area (Å²) in [4.78, 5) is 14.9. The predicted molar refractivity (Wildman–Crippen MR) is 90.9 cm³/mol. The molecule has 0 saturated carbocycles. The van der Waals surface area contributed by atoms with E-state index in [0.29, 0.717) is 25.9 Å². The second-order valence-corrected chi connectivity index (χ2v) is 8.72. The molecular formula is C17H24N2O3S. The number of sulfonamides is 1. The fraction of sp³-hybridized carbons (Fsp3) is 0.588. The maximum Gasteiger partial charge on any atom is 0.230 e. The summed E-state index contributed by atoms with van der Waals surface area (Å²) in [5.74, 6) is 0.199. The van der Waals surface area contributed by atoms with Crippen LogP contribution in [0.5, 0.6) is 0 Å². The van der Waals surface area contributed by atoms with Crippen molar-refractivity contribution in [1.82, 2.24) is 4.31 Å². The zero-order valence-electron chi connectivity index (χ0n) is 13.7. The van der Waals surface area contributed by atoms with Crippen LogP contribution in [0.4, 0.5) is 5.69 Å². The van der Waals surface area contributed by atoms with Crippen molar-refractivity contribution in [2.45, 2.75) is 39.2 Å². The molecule has 2 aliphatic rings. The lowest BCUT2D eigenvalue weighted by atomic mass is 9.96. The van der Waals surface area contributed by atoms with Crippen LogP contribution in [0.2, 0.25) is 0 Å². The van der Waals surface area contributed by atoms with E-state index in [-0.39, 0.29) is 23.6 Å². The second kappa shape index (κ2) is 6.24. The van der Waals surface area contributed by atoms with E-state index in [9.17, 15) is 13.2 Å². The molecule has 23 heavy (non-hydrogen) atoms. The van der Waals surface area contributed by atoms with Gasteiger partial charge in [-0.15, -0.1) is 0 Å². The van der Waals surface area contributed by atoms with Gasteiger partial charge >= 0.3 is 0 Å². The Balaban J connectivity index is 1.71. The van der Waals surface area contributed by atoms with Crippen LogP contribution >= 0.6 is 0 Å². The third kappa shape index (κ3) is 3.02. The molecule has 2 heterocycles. The molecule has 5 nitrogen and oxygen atoms in total. The van der Waals surface area contributed by atoms with Crippen molar-refractivity contribution in [2.24, 2.45) is 5.92 Å². The lowest BCUT2D eigenvalue weighted by molar-refractivity contribution is -0.123. The zero-order valence-corrected chi connectivity index (χ0v) is 14.6. The normalized spacial score (nSPS) is 23.0. The lowest BCUT2D eigenvalue weighted by Gasteiger charge is -2.33. The summed E-state index contributed by atoms with van der Waals surface area (Å²) in [5, 5.41) is 0. The number of anilines is 1. The molecule has 0 spiro atoms. The molecule has 3 rings (SSSR count). The Morgan fingerprint density at radius 2 is 1.87 bits per heavy atom. The van der Waals surface area contributed by atoms with Gasteiger partial charge in [0.1, 0.15) is 0 Å². The van der Waals surface area contributed by atoms with Crippen molar-refractivity contribution < 1.29 is 13.2 Å². The first-order valence-electron chi connectivity index (χ1n) is 8.33. The van der Waals surface area contributed by atoms with Crippen LogP contribution in [-0.4, -0.2) is 43.5 Å². The van der Waals surface area contributed by atoms with Gasteiger partial charge in [0.05, 0.1) is 5.75 Å². The smallest absolute Gasteiger partial charge is 0.230 e. The lowest BCUT2D eigenvalue weighted by Crippen LogP contribution is -2.46. The van der Waals surface area contributed by atoms with Crippen LogP contribution in [0.25, 0.3) is 0 Å². The number of benzene rings is 1. The van der Waals surface area contributed by atoms with Crippen LogP contribution < -0.4 is 4.90 Å². The highest BCUT2D eigenvalue weighted by Crippen LogP contribution is 2.34. The second-order valence-electron chi connectivity index (χ2n) is 6.46. The number of para-hydroxylation sites is 1. The maximum absolute atomic E-state index is 13.0. The van der Waals surface area contributed by atoms with Crippen LogP contribution in [-0.2, 0) is 21.2 Å². The maximum atomic E-state index is 13.0. The minimum absolute atomic E-state index is 0.0769. The number of rotatable bonds is 3. The van der Waals surface area contributed by atoms with E-state index in [1.807, 2.05) is 23.1 Å². The number of nitrogens with zero attached hydrogens (tertiary/aromatic N) is 2. The molecule has 2 aliphatic heterocycles. The van der Waals surface area contributed by atoms with Gasteiger partial charge in [-0.05, 0) is 44.7 Å². The number of hydrogen-bond donors (Lipinski definition) is 0. The summed E-state index contributed by atoms with van der Waals surface area (Å²) >= 11 is 0. The molecule has 1 saturated heterocycles. The van der Waals surface area contributed by atoms with E-state index >= 15 is 0 Å². The summed E-state index contributed by atoms with van der Waals surface area (Å²) in [6.07, 6.45) is 2.12. The molecule has 1 unspecified atom stereocenters. The molecular weight excluding hydrogens is 312 g/mol. The standard InChI is InChI=1S/C17H24N2O3S/c1-3-23(21,22)18-10-8-14(9-11-18)17(20)19-13(2)12-15-6-4-5-7-16(15)19/h4-7,13-14H,3,8-12H2,1-2H3. The van der Waals surface area contributed by atoms with E-state index in [4.69, 9.17) is 0 Å². The molecule has 1 aromatic carbocycles. The number of fused-ring (bicyclic) bond motifs is 1. The first-order chi connectivity index (χ1) is 10.9. The summed E-state index contributed by atoms with van der Waals surface area (Å²) in [5.41, 5.74) is 2.24. The molecule has 1 amide bonds. The Morgan fingerprint density at radius 3 is 2.52 bits per heavy atom. The van der Waals surface area contributed by atoms with Crippen molar-refractivity contribution in [3.8, 4) is 0 Å². The number of carbonyl (C=O) groups excluding carboxylic acids is 1. The van der Waals surface area contributed by atoms with E-state index in [2.05, 4.69) is 13.0 Å². The van der Waals surface area contributed by atoms with Gasteiger partial charge in [-0.1, -0.05) is 18.2 Å². The quantitative estimate of drug-likeness (QED) is 0.848. The molecule has 0 aromatic heterocycles. The highest BCUT2D eigenvalue weighted by atomic mass is 32.2. The fourth-order valence-corrected chi connectivity index (χ4v) is 4.79. The van der Waals surface area contributed by atoms with E-state index in [1.165, 1.54) is 9.87 Å². The molecule has 1 atom stereocenters. The summed E-state index contributed by atoms with van der Waals surface area (Å²) in [7, 11) is -3.14. The van der Waals surface area contributed by atoms with Gasteiger partial charge in [0.2, 0.25) is 15.9 Å². The topological polar surface area (TPSA) is 57.7 Å². The van der Waals surface area contributed by atoms with Gasteiger partial charge in [0.25, 0.3) is 0 Å². The molecule has 126 valence electrons. The average molecular weight is 336 g/mol. The Hall–Kier alpha value is -1.40. The van der Waals surface area contributed by atoms with Crippen molar-refractivity contribution >= 4 is 21.6 Å². The number of piperidine rings is 1. The molecule has 0 bridgehead atoms. The number of carbonyl (C=O) groups is 1. The van der Waals surface area contributed by atoms with Crippen molar-refractivity contribution in [3.63, 3.8) is 0 Å². The monoisotopic (exact) mass is 336 g/mol. The SMILES string of the molecule is CCS(=O)(=O)N1CCC(C(=O)N2c3ccccc3CC2C)CC1. The zero-order chi connectivity index (χ0) is 16.6. The molecule has 0 radical (unpaired) electrons. The van der Waals surface area contributed by atoms with Gasteiger partial charge in [-0.25, -0.2) is 12.7 Å². The highest BCUT2D eigenvalue weighted by Gasteiger charge is 2.37. The molecule has 1 aromatic rings. The Kier molecular flexibility index (Phi) is 4.47. The molecule has 1 fully saturated rings. The van der Waals surface area contributed by atoms with E-state index in [1.54, 1.807) is 6.92 Å². The first kappa shape index (κ1) is 16.5. The number of hydrogen-bond acceptors (Lipinski definition) is 3. The molecule has 0 N–H and O–H groups in total. The highest BCUT2D eigenvalue weighted by molar-refractivity contribution is 7.89. The van der Waals surface area contributed by atoms with Gasteiger partial charge in [-0.2, -0.15) is 0 Å². The third-order valence-electron chi connectivity index (χ3n) is 5.01. The van der Waals surface area contributed by atoms with Crippen LogP contribution in [0.1, 0.15) is 32.3 Å². The number of amides is 1. The summed E-state index contributed by atoms with van der Waals surface area (Å²) in [6, 6.07) is 8.24. The fourth-order valence-electron chi connectivity index (χ4n) is 3.66. The average Bonchev–Trinajstić information content (AvgIpc) is 2.90. The molecule has 0 aliphatic carbocycles. The van der Waals surface area contributed by atoms with E-state index in [0.717, 1.165) is 12.1 Å². The first-order valence-corrected chi connectivity index (χ1v) is 9.93. The summed E-state index contributed by atoms with van der Waals surface area (Å²) < 4.78 is 25.4. The van der Waals surface area contributed by atoms with Gasteiger partial charge in [0.15, 0.2) is 0 Å². The van der Waals surface area contributed by atoms with Crippen LogP contribution in [0, 0.1) is 5.92 Å². The minimum Gasteiger partial charge on any atom is -0.309 e. The Bertz CT molecular complexity index is 694. The van der Waals surface area contributed by atoms with Gasteiger partial charge in [0, 0.05) is 30.7 Å². The Morgan fingerprint density at radius 1 is 1.22 bits per heavy atom. The Labute approximate surface area is 138 Å². The third-order valence-corrected chi connectivity index (χ3v) is 6.89. The summed E-state index contributed by atoms with van der Waals surface area (Å²) in [6.45, 7) is 4.65. The van der Waals surface area contributed by atoms with Crippen LogP contribution in [0.15, 0.2) is 24.3 Å². The van der Waals surface area contributed by atoms with Crippen molar-refractivity contribution in [2.75, 3.05) is 23.7 Å². The van der Waals surface area contributed by atoms with E-state index < -0.39 is 10.0 Å².